The molecule has 8 aromatic rings. The van der Waals surface area contributed by atoms with E-state index in [9.17, 15) is 0 Å². The Bertz CT molecular complexity index is 2080. The van der Waals surface area contributed by atoms with Gasteiger partial charge >= 0.3 is 0 Å². The van der Waals surface area contributed by atoms with Gasteiger partial charge in [-0.1, -0.05) is 97.1 Å². The standard InChI is InChI=1S/C35H22N2S/c1-2-11-23(12-3-1)30-22-29(35-34(36-30)28-17-6-9-20-33(28)38-35)24-13-10-14-25(21-24)37-31-18-7-4-15-26(31)27-16-5-8-19-32(27)37/h1-22H. The molecule has 5 aromatic carbocycles. The lowest BCUT2D eigenvalue weighted by atomic mass is 10.0. The number of hydrogen-bond donors (Lipinski definition) is 0. The maximum atomic E-state index is 5.18. The average Bonchev–Trinajstić information content (AvgIpc) is 3.53. The molecule has 0 saturated carbocycles. The van der Waals surface area contributed by atoms with Crippen LogP contribution in [0.1, 0.15) is 0 Å². The van der Waals surface area contributed by atoms with Gasteiger partial charge < -0.3 is 4.57 Å². The summed E-state index contributed by atoms with van der Waals surface area (Å²) in [4.78, 5) is 5.18. The Morgan fingerprint density at radius 2 is 1.16 bits per heavy atom. The van der Waals surface area contributed by atoms with Gasteiger partial charge in [-0.2, -0.15) is 0 Å². The lowest BCUT2D eigenvalue weighted by molar-refractivity contribution is 1.18. The summed E-state index contributed by atoms with van der Waals surface area (Å²) in [7, 11) is 0. The minimum absolute atomic E-state index is 0.999. The van der Waals surface area contributed by atoms with E-state index in [4.69, 9.17) is 4.98 Å². The van der Waals surface area contributed by atoms with Gasteiger partial charge in [0.1, 0.15) is 0 Å². The molecule has 0 amide bonds. The van der Waals surface area contributed by atoms with Crippen LogP contribution in [-0.2, 0) is 0 Å². The van der Waals surface area contributed by atoms with Gasteiger partial charge in [-0.15, -0.1) is 11.3 Å². The molecule has 0 saturated heterocycles. The highest BCUT2D eigenvalue weighted by molar-refractivity contribution is 7.26. The third kappa shape index (κ3) is 3.22. The van der Waals surface area contributed by atoms with Crippen LogP contribution in [0.2, 0.25) is 0 Å². The molecule has 0 aliphatic rings. The van der Waals surface area contributed by atoms with Crippen molar-refractivity contribution < 1.29 is 0 Å². The van der Waals surface area contributed by atoms with Crippen LogP contribution in [0, 0.1) is 0 Å². The van der Waals surface area contributed by atoms with Crippen LogP contribution in [0.15, 0.2) is 133 Å². The van der Waals surface area contributed by atoms with Gasteiger partial charge in [-0.25, -0.2) is 4.98 Å². The molecule has 0 bridgehead atoms. The van der Waals surface area contributed by atoms with Gasteiger partial charge in [0, 0.05) is 37.7 Å². The summed E-state index contributed by atoms with van der Waals surface area (Å²) in [5.41, 5.74) is 9.22. The molecular weight excluding hydrogens is 480 g/mol. The molecule has 3 heteroatoms. The zero-order valence-electron chi connectivity index (χ0n) is 20.5. The van der Waals surface area contributed by atoms with Gasteiger partial charge in [0.05, 0.1) is 26.9 Å². The highest BCUT2D eigenvalue weighted by Crippen LogP contribution is 2.42. The third-order valence-electron chi connectivity index (χ3n) is 7.39. The molecule has 178 valence electrons. The maximum Gasteiger partial charge on any atom is 0.0902 e. The number of pyridine rings is 1. The van der Waals surface area contributed by atoms with Crippen molar-refractivity contribution in [1.82, 2.24) is 9.55 Å². The largest absolute Gasteiger partial charge is 0.309 e. The van der Waals surface area contributed by atoms with E-state index in [-0.39, 0.29) is 0 Å². The van der Waals surface area contributed by atoms with Crippen LogP contribution < -0.4 is 0 Å². The highest BCUT2D eigenvalue weighted by atomic mass is 32.1. The second-order valence-corrected chi connectivity index (χ2v) is 10.7. The maximum absolute atomic E-state index is 5.18. The van der Waals surface area contributed by atoms with Crippen LogP contribution in [0.3, 0.4) is 0 Å². The molecule has 0 atom stereocenters. The van der Waals surface area contributed by atoms with Crippen LogP contribution in [0.25, 0.3) is 70.2 Å². The second kappa shape index (κ2) is 8.41. The number of fused-ring (bicyclic) bond motifs is 6. The summed E-state index contributed by atoms with van der Waals surface area (Å²) in [6, 6.07) is 47.6. The first-order chi connectivity index (χ1) is 18.8. The van der Waals surface area contributed by atoms with E-state index in [0.717, 1.165) is 22.5 Å². The monoisotopic (exact) mass is 502 g/mol. The Balaban J connectivity index is 1.42. The van der Waals surface area contributed by atoms with Crippen LogP contribution in [0.5, 0.6) is 0 Å². The van der Waals surface area contributed by atoms with E-state index >= 15 is 0 Å². The van der Waals surface area contributed by atoms with E-state index in [1.807, 2.05) is 11.3 Å². The summed E-state index contributed by atoms with van der Waals surface area (Å²) in [6.45, 7) is 0. The normalized spacial score (nSPS) is 11.7. The summed E-state index contributed by atoms with van der Waals surface area (Å²) < 4.78 is 4.88. The Morgan fingerprint density at radius 3 is 1.92 bits per heavy atom. The fraction of sp³-hybridized carbons (Fsp3) is 0. The number of hydrogen-bond acceptors (Lipinski definition) is 2. The van der Waals surface area contributed by atoms with Crippen molar-refractivity contribution in [3.05, 3.63) is 133 Å². The van der Waals surface area contributed by atoms with Crippen molar-refractivity contribution in [2.45, 2.75) is 0 Å². The van der Waals surface area contributed by atoms with Crippen molar-refractivity contribution in [3.8, 4) is 28.1 Å². The van der Waals surface area contributed by atoms with Gasteiger partial charge in [0.15, 0.2) is 0 Å². The van der Waals surface area contributed by atoms with E-state index in [1.54, 1.807) is 0 Å². The van der Waals surface area contributed by atoms with E-state index in [2.05, 4.69) is 138 Å². The first-order valence-corrected chi connectivity index (χ1v) is 13.6. The zero-order chi connectivity index (χ0) is 25.1. The third-order valence-corrected chi connectivity index (χ3v) is 8.59. The molecule has 2 nitrogen and oxygen atoms in total. The molecule has 0 spiro atoms. The van der Waals surface area contributed by atoms with Gasteiger partial charge in [-0.3, -0.25) is 0 Å². The van der Waals surface area contributed by atoms with Crippen molar-refractivity contribution >= 4 is 53.4 Å². The molecule has 0 aliphatic carbocycles. The van der Waals surface area contributed by atoms with Gasteiger partial charge in [0.2, 0.25) is 0 Å². The smallest absolute Gasteiger partial charge is 0.0902 e. The van der Waals surface area contributed by atoms with Crippen molar-refractivity contribution in [2.75, 3.05) is 0 Å². The second-order valence-electron chi connectivity index (χ2n) is 9.62. The Labute approximate surface area is 224 Å². The van der Waals surface area contributed by atoms with Crippen LogP contribution in [-0.4, -0.2) is 9.55 Å². The van der Waals surface area contributed by atoms with Gasteiger partial charge in [0.25, 0.3) is 0 Å². The van der Waals surface area contributed by atoms with Crippen molar-refractivity contribution in [2.24, 2.45) is 0 Å². The Kier molecular flexibility index (Phi) is 4.73. The zero-order valence-corrected chi connectivity index (χ0v) is 21.3. The molecule has 3 aromatic heterocycles. The summed E-state index contributed by atoms with van der Waals surface area (Å²) in [5.74, 6) is 0. The first-order valence-electron chi connectivity index (χ1n) is 12.8. The average molecular weight is 503 g/mol. The quantitative estimate of drug-likeness (QED) is 0.235. The lowest BCUT2D eigenvalue weighted by Crippen LogP contribution is -1.94. The molecule has 0 aliphatic heterocycles. The molecule has 0 radical (unpaired) electrons. The number of aromatic nitrogens is 2. The van der Waals surface area contributed by atoms with E-state index < -0.39 is 0 Å². The molecular formula is C35H22N2S. The topological polar surface area (TPSA) is 17.8 Å². The Hall–Kier alpha value is -4.73. The molecule has 0 N–H and O–H groups in total. The van der Waals surface area contributed by atoms with Crippen LogP contribution >= 0.6 is 11.3 Å². The molecule has 0 fully saturated rings. The van der Waals surface area contributed by atoms with Gasteiger partial charge in [-0.05, 0) is 42.0 Å². The summed E-state index contributed by atoms with van der Waals surface area (Å²) in [5, 5.41) is 3.76. The van der Waals surface area contributed by atoms with Crippen molar-refractivity contribution in [3.63, 3.8) is 0 Å². The number of rotatable bonds is 3. The van der Waals surface area contributed by atoms with Crippen LogP contribution in [0.4, 0.5) is 0 Å². The predicted molar refractivity (Wildman–Crippen MR) is 162 cm³/mol. The van der Waals surface area contributed by atoms with E-state index in [1.165, 1.54) is 47.7 Å². The lowest BCUT2D eigenvalue weighted by Gasteiger charge is -2.12. The summed E-state index contributed by atoms with van der Waals surface area (Å²) in [6.07, 6.45) is 0. The first kappa shape index (κ1) is 21.4. The highest BCUT2D eigenvalue weighted by Gasteiger charge is 2.16. The molecule has 0 unspecified atom stereocenters. The molecule has 8 rings (SSSR count). The number of para-hydroxylation sites is 2. The summed E-state index contributed by atoms with van der Waals surface area (Å²) >= 11 is 1.83. The molecule has 3 heterocycles. The number of thiophene rings is 1. The number of benzene rings is 5. The fourth-order valence-corrected chi connectivity index (χ4v) is 6.85. The molecule has 38 heavy (non-hydrogen) atoms. The minimum atomic E-state index is 0.999. The predicted octanol–water partition coefficient (Wildman–Crippen LogP) is 9.88. The van der Waals surface area contributed by atoms with Crippen molar-refractivity contribution in [1.29, 1.82) is 0 Å². The number of nitrogens with zero attached hydrogens (tertiary/aromatic N) is 2. The SMILES string of the molecule is c1ccc(-c2cc(-c3cccc(-n4c5ccccc5c5ccccc54)c3)c3sc4ccccc4c3n2)cc1. The van der Waals surface area contributed by atoms with E-state index in [0.29, 0.717) is 0 Å². The minimum Gasteiger partial charge on any atom is -0.309 e. The Morgan fingerprint density at radius 1 is 0.526 bits per heavy atom. The fourth-order valence-electron chi connectivity index (χ4n) is 5.66.